The Kier molecular flexibility index (Phi) is 7.47. The predicted octanol–water partition coefficient (Wildman–Crippen LogP) is 4.57. The fourth-order valence-electron chi connectivity index (χ4n) is 3.96. The Morgan fingerprint density at radius 3 is 2.29 bits per heavy atom. The number of rotatable bonds is 8. The summed E-state index contributed by atoms with van der Waals surface area (Å²) in [5.74, 6) is -0.522. The quantitative estimate of drug-likeness (QED) is 0.397. The molecule has 2 amide bonds. The third kappa shape index (κ3) is 5.36. The van der Waals surface area contributed by atoms with E-state index in [9.17, 15) is 18.0 Å². The van der Waals surface area contributed by atoms with Crippen molar-refractivity contribution in [1.82, 2.24) is 4.31 Å². The lowest BCUT2D eigenvalue weighted by Crippen LogP contribution is -2.46. The van der Waals surface area contributed by atoms with E-state index in [2.05, 4.69) is 0 Å². The lowest BCUT2D eigenvalue weighted by molar-refractivity contribution is -0.122. The molecule has 4 rings (SSSR count). The Bertz CT molecular complexity index is 1350. The third-order valence-electron chi connectivity index (χ3n) is 5.73. The van der Waals surface area contributed by atoms with Gasteiger partial charge in [0.1, 0.15) is 11.8 Å². The number of hydrogen-bond donors (Lipinski definition) is 0. The maximum atomic E-state index is 13.7. The summed E-state index contributed by atoms with van der Waals surface area (Å²) in [6.07, 6.45) is 0.0289. The highest BCUT2D eigenvalue weighted by Crippen LogP contribution is 2.31. The fraction of sp³-hybridized carbons (Fsp3) is 0.200. The number of hydrogen-bond acceptors (Lipinski definition) is 5. The van der Waals surface area contributed by atoms with Crippen LogP contribution in [0, 0.1) is 0 Å². The van der Waals surface area contributed by atoms with Gasteiger partial charge >= 0.3 is 0 Å². The van der Waals surface area contributed by atoms with Gasteiger partial charge in [-0.25, -0.2) is 13.3 Å². The molecule has 0 aliphatic carbocycles. The normalized spacial score (nSPS) is 16.2. The minimum absolute atomic E-state index is 0.0175. The van der Waals surface area contributed by atoms with Crippen molar-refractivity contribution in [3.8, 4) is 5.75 Å². The summed E-state index contributed by atoms with van der Waals surface area (Å²) < 4.78 is 33.5. The number of nitrogens with zero attached hydrogens (tertiary/aromatic N) is 2. The first kappa shape index (κ1) is 25.2. The topological polar surface area (TPSA) is 84.0 Å². The minimum Gasteiger partial charge on any atom is -0.497 e. The van der Waals surface area contributed by atoms with E-state index in [0.29, 0.717) is 27.9 Å². The second-order valence-electron chi connectivity index (χ2n) is 7.93. The van der Waals surface area contributed by atoms with Gasteiger partial charge in [0.15, 0.2) is 0 Å². The van der Waals surface area contributed by atoms with Gasteiger partial charge in [0.25, 0.3) is 5.91 Å². The molecule has 35 heavy (non-hydrogen) atoms. The first-order valence-electron chi connectivity index (χ1n) is 10.7. The number of halogens is 2. The molecule has 1 heterocycles. The lowest BCUT2D eigenvalue weighted by Gasteiger charge is -2.27. The van der Waals surface area contributed by atoms with Gasteiger partial charge in [-0.2, -0.15) is 4.31 Å². The number of anilines is 1. The summed E-state index contributed by atoms with van der Waals surface area (Å²) >= 11 is 12.0. The van der Waals surface area contributed by atoms with Gasteiger partial charge in [0, 0.05) is 16.6 Å². The van der Waals surface area contributed by atoms with Gasteiger partial charge < -0.3 is 4.74 Å². The molecule has 1 aliphatic rings. The van der Waals surface area contributed by atoms with Crippen LogP contribution in [0.5, 0.6) is 5.75 Å². The summed E-state index contributed by atoms with van der Waals surface area (Å²) in [4.78, 5) is 27.3. The predicted molar refractivity (Wildman–Crippen MR) is 134 cm³/mol. The number of imide groups is 1. The molecule has 182 valence electrons. The molecular weight excluding hydrogens is 511 g/mol. The van der Waals surface area contributed by atoms with Crippen LogP contribution < -0.4 is 9.64 Å². The minimum atomic E-state index is -4.13. The Labute approximate surface area is 213 Å². The van der Waals surface area contributed by atoms with Crippen molar-refractivity contribution in [3.05, 3.63) is 88.4 Å². The molecule has 1 saturated heterocycles. The van der Waals surface area contributed by atoms with E-state index in [1.54, 1.807) is 42.5 Å². The number of carbonyl (C=O) groups excluding carboxylic acids is 2. The van der Waals surface area contributed by atoms with E-state index < -0.39 is 27.9 Å². The van der Waals surface area contributed by atoms with Crippen LogP contribution in [0.25, 0.3) is 0 Å². The molecule has 1 fully saturated rings. The van der Waals surface area contributed by atoms with Crippen LogP contribution in [0.3, 0.4) is 0 Å². The first-order valence-corrected chi connectivity index (χ1v) is 12.9. The molecule has 0 saturated carbocycles. The molecule has 1 unspecified atom stereocenters. The Balaban J connectivity index is 1.68. The van der Waals surface area contributed by atoms with Gasteiger partial charge in [-0.15, -0.1) is 0 Å². The van der Waals surface area contributed by atoms with Crippen molar-refractivity contribution >= 4 is 50.7 Å². The molecule has 0 bridgehead atoms. The van der Waals surface area contributed by atoms with Gasteiger partial charge in [-0.3, -0.25) is 9.59 Å². The van der Waals surface area contributed by atoms with E-state index >= 15 is 0 Å². The zero-order chi connectivity index (χ0) is 25.2. The Hall–Kier alpha value is -2.91. The van der Waals surface area contributed by atoms with Gasteiger partial charge in [-0.1, -0.05) is 35.3 Å². The summed E-state index contributed by atoms with van der Waals surface area (Å²) in [6, 6.07) is 18.0. The second-order valence-corrected chi connectivity index (χ2v) is 10.7. The molecule has 10 heteroatoms. The molecule has 3 aromatic carbocycles. The van der Waals surface area contributed by atoms with Crippen molar-refractivity contribution in [2.45, 2.75) is 23.8 Å². The Morgan fingerprint density at radius 2 is 1.66 bits per heavy atom. The van der Waals surface area contributed by atoms with Crippen LogP contribution in [0.1, 0.15) is 12.0 Å². The third-order valence-corrected chi connectivity index (χ3v) is 8.14. The maximum Gasteiger partial charge on any atom is 0.252 e. The van der Waals surface area contributed by atoms with Gasteiger partial charge in [0.2, 0.25) is 15.9 Å². The molecule has 1 aliphatic heterocycles. The molecular formula is C25H22Cl2N2O5S. The highest BCUT2D eigenvalue weighted by atomic mass is 35.5. The summed E-state index contributed by atoms with van der Waals surface area (Å²) in [5, 5.41) is 0.902. The summed E-state index contributed by atoms with van der Waals surface area (Å²) in [6.45, 7) is -0.0224. The smallest absolute Gasteiger partial charge is 0.252 e. The van der Waals surface area contributed by atoms with Crippen LogP contribution in [0.2, 0.25) is 10.0 Å². The maximum absolute atomic E-state index is 13.7. The zero-order valence-electron chi connectivity index (χ0n) is 18.7. The SMILES string of the molecule is COc1ccc(N2C(=O)CC(N(CCc3cccc(Cl)c3)S(=O)(=O)c3ccc(Cl)cc3)C2=O)cc1. The zero-order valence-corrected chi connectivity index (χ0v) is 21.1. The van der Waals surface area contributed by atoms with Crippen LogP contribution in [-0.2, 0) is 26.0 Å². The van der Waals surface area contributed by atoms with E-state index in [4.69, 9.17) is 27.9 Å². The van der Waals surface area contributed by atoms with Gasteiger partial charge in [-0.05, 0) is 72.6 Å². The first-order chi connectivity index (χ1) is 16.7. The number of ether oxygens (including phenoxy) is 1. The average Bonchev–Trinajstić information content (AvgIpc) is 3.13. The van der Waals surface area contributed by atoms with Crippen LogP contribution >= 0.6 is 23.2 Å². The average molecular weight is 533 g/mol. The van der Waals surface area contributed by atoms with Crippen molar-refractivity contribution in [2.75, 3.05) is 18.6 Å². The molecule has 1 atom stereocenters. The molecule has 0 N–H and O–H groups in total. The monoisotopic (exact) mass is 532 g/mol. The van der Waals surface area contributed by atoms with E-state index in [1.807, 2.05) is 6.07 Å². The fourth-order valence-corrected chi connectivity index (χ4v) is 5.88. The van der Waals surface area contributed by atoms with E-state index in [-0.39, 0.29) is 17.9 Å². The number of amides is 2. The van der Waals surface area contributed by atoms with Crippen molar-refractivity contribution < 1.29 is 22.7 Å². The molecule has 0 radical (unpaired) electrons. The number of benzene rings is 3. The molecule has 0 spiro atoms. The van der Waals surface area contributed by atoms with E-state index in [1.165, 1.54) is 31.4 Å². The molecule has 7 nitrogen and oxygen atoms in total. The standard InChI is InChI=1S/C25H22Cl2N2O5S/c1-34-21-9-7-20(8-10-21)29-24(30)16-23(25(29)31)28(14-13-17-3-2-4-19(27)15-17)35(32,33)22-11-5-18(26)6-12-22/h2-12,15,23H,13-14,16H2,1H3. The van der Waals surface area contributed by atoms with Crippen LogP contribution in [0.4, 0.5) is 5.69 Å². The van der Waals surface area contributed by atoms with Crippen molar-refractivity contribution in [1.29, 1.82) is 0 Å². The summed E-state index contributed by atoms with van der Waals surface area (Å²) in [5.41, 5.74) is 1.15. The largest absolute Gasteiger partial charge is 0.497 e. The van der Waals surface area contributed by atoms with Crippen LogP contribution in [0.15, 0.2) is 77.7 Å². The van der Waals surface area contributed by atoms with E-state index in [0.717, 1.165) is 14.8 Å². The number of carbonyl (C=O) groups is 2. The number of methoxy groups -OCH3 is 1. The molecule has 3 aromatic rings. The lowest BCUT2D eigenvalue weighted by atomic mass is 10.1. The number of sulfonamides is 1. The van der Waals surface area contributed by atoms with Gasteiger partial charge in [0.05, 0.1) is 24.1 Å². The Morgan fingerprint density at radius 1 is 0.971 bits per heavy atom. The van der Waals surface area contributed by atoms with Crippen LogP contribution in [-0.4, -0.2) is 44.2 Å². The second kappa shape index (κ2) is 10.4. The summed E-state index contributed by atoms with van der Waals surface area (Å²) in [7, 11) is -2.62. The highest BCUT2D eigenvalue weighted by Gasteiger charge is 2.46. The van der Waals surface area contributed by atoms with Crippen molar-refractivity contribution in [2.24, 2.45) is 0 Å². The van der Waals surface area contributed by atoms with Crippen molar-refractivity contribution in [3.63, 3.8) is 0 Å². The molecule has 0 aromatic heterocycles. The highest BCUT2D eigenvalue weighted by molar-refractivity contribution is 7.89.